The zero-order chi connectivity index (χ0) is 35.9. The second-order valence-corrected chi connectivity index (χ2v) is 14.3. The number of unbranched alkanes of at least 4 members (excludes halogenated alkanes) is 4. The Balaban J connectivity index is 2.12. The number of aromatic amines is 2. The molecule has 0 aromatic carbocycles. The first kappa shape index (κ1) is 37.8. The van der Waals surface area contributed by atoms with Gasteiger partial charge in [-0.05, 0) is 128 Å². The normalized spacial score (nSPS) is 13.1. The summed E-state index contributed by atoms with van der Waals surface area (Å²) in [6.45, 7) is 23.3. The van der Waals surface area contributed by atoms with E-state index < -0.39 is 0 Å². The van der Waals surface area contributed by atoms with Crippen LogP contribution in [0.3, 0.4) is 0 Å². The van der Waals surface area contributed by atoms with Crippen LogP contribution in [0.25, 0.3) is 44.9 Å². The summed E-state index contributed by atoms with van der Waals surface area (Å²) < 4.78 is 0. The van der Waals surface area contributed by atoms with Crippen molar-refractivity contribution in [1.29, 1.82) is 0 Å². The first-order valence-corrected chi connectivity index (χ1v) is 20.7. The fourth-order valence-electron chi connectivity index (χ4n) is 8.96. The fraction of sp³-hybridized carbons (Fsp3) is 0.565. The average Bonchev–Trinajstić information content (AvgIpc) is 3.89. The number of aryl methyl sites for hydroxylation is 7. The molecule has 3 aromatic rings. The lowest BCUT2D eigenvalue weighted by Gasteiger charge is -2.10. The lowest BCUT2D eigenvalue weighted by atomic mass is 9.92. The smallest absolute Gasteiger partial charge is 0.0725 e. The molecule has 2 aliphatic rings. The Morgan fingerprint density at radius 3 is 1.42 bits per heavy atom. The van der Waals surface area contributed by atoms with Gasteiger partial charge < -0.3 is 9.97 Å². The first-order valence-electron chi connectivity index (χ1n) is 20.7. The molecule has 0 aliphatic carbocycles. The van der Waals surface area contributed by atoms with E-state index >= 15 is 0 Å². The number of hydrogen-bond donors (Lipinski definition) is 2. The van der Waals surface area contributed by atoms with Crippen LogP contribution in [-0.4, -0.2) is 19.9 Å². The minimum Gasteiger partial charge on any atom is -0.355 e. The van der Waals surface area contributed by atoms with E-state index in [1.807, 2.05) is 0 Å². The third-order valence-electron chi connectivity index (χ3n) is 11.5. The number of allylic oxidation sites excluding steroid dienone is 3. The van der Waals surface area contributed by atoms with Crippen molar-refractivity contribution in [3.63, 3.8) is 0 Å². The number of nitrogens with one attached hydrogen (secondary N) is 2. The molecule has 0 amide bonds. The molecule has 8 bridgehead atoms. The van der Waals surface area contributed by atoms with Gasteiger partial charge in [0.2, 0.25) is 0 Å². The van der Waals surface area contributed by atoms with Crippen molar-refractivity contribution < 1.29 is 0 Å². The summed E-state index contributed by atoms with van der Waals surface area (Å²) in [5.41, 5.74) is 24.2. The molecule has 5 heterocycles. The number of rotatable bonds is 16. The predicted octanol–water partition coefficient (Wildman–Crippen LogP) is 13.3. The number of hydrogen-bond acceptors (Lipinski definition) is 2. The summed E-state index contributed by atoms with van der Waals surface area (Å²) in [4.78, 5) is 19.5. The van der Waals surface area contributed by atoms with Gasteiger partial charge in [0.25, 0.3) is 0 Å². The highest BCUT2D eigenvalue weighted by Crippen LogP contribution is 2.42. The van der Waals surface area contributed by atoms with Crippen molar-refractivity contribution >= 4 is 44.9 Å². The second kappa shape index (κ2) is 17.2. The van der Waals surface area contributed by atoms with Crippen molar-refractivity contribution in [3.8, 4) is 0 Å². The maximum Gasteiger partial charge on any atom is 0.0725 e. The molecule has 2 N–H and O–H groups in total. The van der Waals surface area contributed by atoms with Gasteiger partial charge in [0.15, 0.2) is 0 Å². The Hall–Kier alpha value is -3.40. The van der Waals surface area contributed by atoms with Crippen LogP contribution in [0.1, 0.15) is 189 Å². The van der Waals surface area contributed by atoms with E-state index in [0.29, 0.717) is 0 Å². The Labute approximate surface area is 303 Å². The molecule has 0 spiro atoms. The van der Waals surface area contributed by atoms with E-state index in [4.69, 9.17) is 9.97 Å². The van der Waals surface area contributed by atoms with Crippen molar-refractivity contribution in [2.24, 2.45) is 0 Å². The molecule has 3 aromatic heterocycles. The van der Waals surface area contributed by atoms with Gasteiger partial charge in [-0.25, -0.2) is 9.97 Å². The van der Waals surface area contributed by atoms with Gasteiger partial charge in [-0.15, -0.1) is 0 Å². The molecule has 0 fully saturated rings. The van der Waals surface area contributed by atoms with Crippen molar-refractivity contribution in [1.82, 2.24) is 19.9 Å². The van der Waals surface area contributed by atoms with Gasteiger partial charge in [-0.3, -0.25) is 0 Å². The zero-order valence-corrected chi connectivity index (χ0v) is 33.4. The first-order chi connectivity index (χ1) is 24.4. The third-order valence-corrected chi connectivity index (χ3v) is 11.5. The van der Waals surface area contributed by atoms with E-state index in [0.717, 1.165) is 69.9 Å². The van der Waals surface area contributed by atoms with E-state index in [-0.39, 0.29) is 0 Å². The number of fused-ring (bicyclic) bond motifs is 8. The number of nitrogens with zero attached hydrogens (tertiary/aromatic N) is 2. The van der Waals surface area contributed by atoms with Crippen LogP contribution in [0.2, 0.25) is 0 Å². The Morgan fingerprint density at radius 2 is 0.920 bits per heavy atom. The maximum absolute atomic E-state index is 5.80. The highest BCUT2D eigenvalue weighted by Gasteiger charge is 2.27. The zero-order valence-electron chi connectivity index (χ0n) is 33.4. The molecule has 4 heteroatoms. The minimum absolute atomic E-state index is 0.944. The van der Waals surface area contributed by atoms with Crippen molar-refractivity contribution in [2.75, 3.05) is 0 Å². The summed E-state index contributed by atoms with van der Waals surface area (Å²) in [5.74, 6) is 0. The molecule has 50 heavy (non-hydrogen) atoms. The highest BCUT2D eigenvalue weighted by molar-refractivity contribution is 5.97. The van der Waals surface area contributed by atoms with Crippen LogP contribution in [0, 0.1) is 0 Å². The van der Waals surface area contributed by atoms with Gasteiger partial charge in [0.1, 0.15) is 0 Å². The van der Waals surface area contributed by atoms with Crippen LogP contribution in [0.15, 0.2) is 6.07 Å². The van der Waals surface area contributed by atoms with Gasteiger partial charge in [-0.2, -0.15) is 0 Å². The average molecular weight is 675 g/mol. The van der Waals surface area contributed by atoms with E-state index in [1.54, 1.807) is 0 Å². The maximum atomic E-state index is 5.80. The summed E-state index contributed by atoms with van der Waals surface area (Å²) in [7, 11) is 0. The minimum atomic E-state index is 0.944. The molecule has 4 nitrogen and oxygen atoms in total. The van der Waals surface area contributed by atoms with Gasteiger partial charge in [0.05, 0.1) is 22.8 Å². The quantitative estimate of drug-likeness (QED) is 0.149. The number of H-pyrrole nitrogens is 2. The Kier molecular flexibility index (Phi) is 13.0. The lowest BCUT2D eigenvalue weighted by molar-refractivity contribution is 0.717. The van der Waals surface area contributed by atoms with Crippen LogP contribution >= 0.6 is 0 Å². The molecule has 2 aliphatic heterocycles. The van der Waals surface area contributed by atoms with E-state index in [9.17, 15) is 0 Å². The molecular formula is C46H66N4. The lowest BCUT2D eigenvalue weighted by Crippen LogP contribution is -1.97. The summed E-state index contributed by atoms with van der Waals surface area (Å²) in [5, 5.41) is 0. The second-order valence-electron chi connectivity index (χ2n) is 14.3. The molecule has 0 saturated heterocycles. The van der Waals surface area contributed by atoms with E-state index in [1.165, 1.54) is 133 Å². The Morgan fingerprint density at radius 1 is 0.440 bits per heavy atom. The van der Waals surface area contributed by atoms with Crippen LogP contribution < -0.4 is 0 Å². The third kappa shape index (κ3) is 6.93. The molecule has 5 rings (SSSR count). The van der Waals surface area contributed by atoms with Gasteiger partial charge in [0, 0.05) is 38.8 Å². The predicted molar refractivity (Wildman–Crippen MR) is 220 cm³/mol. The van der Waals surface area contributed by atoms with E-state index in [2.05, 4.69) is 91.3 Å². The summed E-state index contributed by atoms with van der Waals surface area (Å²) in [6.07, 6.45) is 19.6. The fourth-order valence-corrected chi connectivity index (χ4v) is 8.96. The largest absolute Gasteiger partial charge is 0.355 e. The molecule has 0 atom stereocenters. The SMILES string of the molecule is CCCCCc1c2nc(c(CC)c3[nH]c(c(CCCCC)c4nc(cc5[nH]c1c(CC)c5CC)C=C4CC)c(CC)c3CC)C(CC)=C2CC. The van der Waals surface area contributed by atoms with Gasteiger partial charge >= 0.3 is 0 Å². The van der Waals surface area contributed by atoms with Gasteiger partial charge in [-0.1, -0.05) is 94.9 Å². The summed E-state index contributed by atoms with van der Waals surface area (Å²) in [6, 6.07) is 2.35. The number of aromatic nitrogens is 4. The molecule has 0 unspecified atom stereocenters. The van der Waals surface area contributed by atoms with Crippen LogP contribution in [0.4, 0.5) is 0 Å². The van der Waals surface area contributed by atoms with Crippen molar-refractivity contribution in [3.05, 3.63) is 67.8 Å². The Bertz CT molecular complexity index is 1910. The van der Waals surface area contributed by atoms with Crippen LogP contribution in [-0.2, 0) is 44.9 Å². The highest BCUT2D eigenvalue weighted by atomic mass is 14.8. The molecular weight excluding hydrogens is 609 g/mol. The molecule has 270 valence electrons. The van der Waals surface area contributed by atoms with Crippen LogP contribution in [0.5, 0.6) is 0 Å². The molecule has 0 radical (unpaired) electrons. The monoisotopic (exact) mass is 675 g/mol. The van der Waals surface area contributed by atoms with Crippen molar-refractivity contribution in [2.45, 2.75) is 172 Å². The topological polar surface area (TPSA) is 57.4 Å². The standard InChI is InChI=1S/C46H66N4/c1-11-21-23-25-38-41-29(13-3)27-30(47-41)28-40-31(14-4)32(15-5)44(48-40)39(26-24-22-12-2)46-36(19-9)34(17-7)43(50-46)37(20-10)42-33(16-6)35(18-8)45(38)49-42/h27-28,48-49H,11-26H2,1-10H3. The summed E-state index contributed by atoms with van der Waals surface area (Å²) >= 11 is 0. The molecule has 0 saturated carbocycles.